The van der Waals surface area contributed by atoms with E-state index in [0.717, 1.165) is 5.56 Å². The number of carbonyl (C=O) groups is 1. The van der Waals surface area contributed by atoms with Crippen molar-refractivity contribution in [1.82, 2.24) is 4.90 Å². The second kappa shape index (κ2) is 5.85. The van der Waals surface area contributed by atoms with Crippen LogP contribution in [0.15, 0.2) is 52.9 Å². The van der Waals surface area contributed by atoms with E-state index in [1.165, 1.54) is 11.1 Å². The van der Waals surface area contributed by atoms with E-state index in [9.17, 15) is 13.2 Å². The second-order valence-electron chi connectivity index (χ2n) is 5.29. The highest BCUT2D eigenvalue weighted by Crippen LogP contribution is 2.31. The Morgan fingerprint density at radius 2 is 1.95 bits per heavy atom. The summed E-state index contributed by atoms with van der Waals surface area (Å²) in [5.74, 6) is -0.393. The second-order valence-corrected chi connectivity index (χ2v) is 7.24. The first-order valence-electron chi connectivity index (χ1n) is 6.80. The van der Waals surface area contributed by atoms with Gasteiger partial charge in [-0.05, 0) is 19.1 Å². The number of nitrogens with zero attached hydrogens (tertiary/aromatic N) is 1. The maximum atomic E-state index is 12.7. The van der Waals surface area contributed by atoms with Gasteiger partial charge in [0.2, 0.25) is 15.7 Å². The normalized spacial score (nSPS) is 19.3. The van der Waals surface area contributed by atoms with Crippen molar-refractivity contribution >= 4 is 15.7 Å². The summed E-state index contributed by atoms with van der Waals surface area (Å²) in [6.45, 7) is 7.58. The number of hydrogen-bond acceptors (Lipinski definition) is 3. The molecule has 1 atom stereocenters. The molecule has 0 saturated heterocycles. The first kappa shape index (κ1) is 15.5. The molecule has 1 unspecified atom stereocenters. The van der Waals surface area contributed by atoms with Gasteiger partial charge < -0.3 is 4.90 Å². The summed E-state index contributed by atoms with van der Waals surface area (Å²) in [6.07, 6.45) is 3.23. The average Bonchev–Trinajstić information content (AvgIpc) is 2.42. The molecular weight excluding hydrogens is 286 g/mol. The molecule has 0 aliphatic carbocycles. The van der Waals surface area contributed by atoms with Gasteiger partial charge in [-0.25, -0.2) is 8.42 Å². The lowest BCUT2D eigenvalue weighted by Gasteiger charge is -2.28. The van der Waals surface area contributed by atoms with Gasteiger partial charge in [-0.15, -0.1) is 6.58 Å². The molecule has 2 rings (SSSR count). The minimum atomic E-state index is -3.57. The van der Waals surface area contributed by atoms with Gasteiger partial charge in [0.05, 0.1) is 9.80 Å². The maximum Gasteiger partial charge on any atom is 0.227 e. The molecule has 112 valence electrons. The Labute approximate surface area is 125 Å². The van der Waals surface area contributed by atoms with Gasteiger partial charge in [-0.2, -0.15) is 0 Å². The summed E-state index contributed by atoms with van der Waals surface area (Å²) in [5, 5.41) is 0. The van der Waals surface area contributed by atoms with E-state index >= 15 is 0 Å². The average molecular weight is 305 g/mol. The van der Waals surface area contributed by atoms with Gasteiger partial charge in [0.15, 0.2) is 0 Å². The molecule has 21 heavy (non-hydrogen) atoms. The summed E-state index contributed by atoms with van der Waals surface area (Å²) >= 11 is 0. The summed E-state index contributed by atoms with van der Waals surface area (Å²) < 4.78 is 25.5. The molecule has 5 heteroatoms. The fourth-order valence-electron chi connectivity index (χ4n) is 2.31. The lowest BCUT2D eigenvalue weighted by Crippen LogP contribution is -2.34. The van der Waals surface area contributed by atoms with E-state index in [1.54, 1.807) is 37.3 Å². The molecule has 0 radical (unpaired) electrons. The molecule has 1 aromatic carbocycles. The zero-order valence-electron chi connectivity index (χ0n) is 12.2. The molecule has 1 aliphatic rings. The summed E-state index contributed by atoms with van der Waals surface area (Å²) in [7, 11) is -3.57. The fraction of sp³-hybridized carbons (Fsp3) is 0.312. The van der Waals surface area contributed by atoms with Crippen molar-refractivity contribution in [3.63, 3.8) is 0 Å². The number of hydrogen-bond donors (Lipinski definition) is 0. The van der Waals surface area contributed by atoms with Crippen LogP contribution in [0.4, 0.5) is 0 Å². The maximum absolute atomic E-state index is 12.7. The van der Waals surface area contributed by atoms with Crippen LogP contribution in [-0.2, 0) is 14.6 Å². The summed E-state index contributed by atoms with van der Waals surface area (Å²) in [5.41, 5.74) is 1.00. The van der Waals surface area contributed by atoms with Crippen LogP contribution in [0.25, 0.3) is 0 Å². The topological polar surface area (TPSA) is 54.5 Å². The number of aryl methyl sites for hydroxylation is 1. The van der Waals surface area contributed by atoms with Crippen molar-refractivity contribution in [3.05, 3.63) is 53.6 Å². The Morgan fingerprint density at radius 1 is 1.33 bits per heavy atom. The van der Waals surface area contributed by atoms with E-state index in [1.807, 2.05) is 6.92 Å². The third kappa shape index (κ3) is 3.08. The predicted molar refractivity (Wildman–Crippen MR) is 82.1 cm³/mol. The van der Waals surface area contributed by atoms with Crippen LogP contribution in [0.3, 0.4) is 0 Å². The van der Waals surface area contributed by atoms with Crippen molar-refractivity contribution in [3.8, 4) is 0 Å². The number of allylic oxidation sites excluding steroid dienone is 1. The number of carbonyl (C=O) groups excluding carboxylic acids is 1. The zero-order valence-corrected chi connectivity index (χ0v) is 13.1. The SMILES string of the molecule is C=CCN1C=C(S(=O)(=O)c2ccc(C)cc2)C(C)CC1=O. The number of benzene rings is 1. The summed E-state index contributed by atoms with van der Waals surface area (Å²) in [4.78, 5) is 13.8. The largest absolute Gasteiger partial charge is 0.314 e. The van der Waals surface area contributed by atoms with E-state index in [-0.39, 0.29) is 28.0 Å². The van der Waals surface area contributed by atoms with Crippen LogP contribution < -0.4 is 0 Å². The molecule has 0 aromatic heterocycles. The van der Waals surface area contributed by atoms with Gasteiger partial charge in [0, 0.05) is 25.1 Å². The minimum Gasteiger partial charge on any atom is -0.314 e. The molecule has 0 fully saturated rings. The van der Waals surface area contributed by atoms with Crippen LogP contribution in [-0.4, -0.2) is 25.8 Å². The highest BCUT2D eigenvalue weighted by molar-refractivity contribution is 7.95. The Balaban J connectivity index is 2.46. The Bertz CT molecular complexity index is 687. The van der Waals surface area contributed by atoms with E-state index in [0.29, 0.717) is 6.54 Å². The standard InChI is InChI=1S/C16H19NO3S/c1-4-9-17-11-15(13(3)10-16(17)18)21(19,20)14-7-5-12(2)6-8-14/h4-8,11,13H,1,9-10H2,2-3H3. The fourth-order valence-corrected chi connectivity index (χ4v) is 3.96. The first-order valence-corrected chi connectivity index (χ1v) is 8.28. The van der Waals surface area contributed by atoms with E-state index < -0.39 is 9.84 Å². The van der Waals surface area contributed by atoms with Gasteiger partial charge in [0.25, 0.3) is 0 Å². The Kier molecular flexibility index (Phi) is 4.32. The van der Waals surface area contributed by atoms with Gasteiger partial charge in [-0.3, -0.25) is 4.79 Å². The van der Waals surface area contributed by atoms with Crippen molar-refractivity contribution in [2.75, 3.05) is 6.54 Å². The van der Waals surface area contributed by atoms with Crippen LogP contribution >= 0.6 is 0 Å². The third-order valence-electron chi connectivity index (χ3n) is 3.54. The molecular formula is C16H19NO3S. The number of amides is 1. The molecule has 1 aliphatic heterocycles. The van der Waals surface area contributed by atoms with Crippen molar-refractivity contribution < 1.29 is 13.2 Å². The third-order valence-corrected chi connectivity index (χ3v) is 5.56. The molecule has 0 N–H and O–H groups in total. The molecule has 0 saturated carbocycles. The number of sulfone groups is 1. The van der Waals surface area contributed by atoms with Crippen LogP contribution in [0.5, 0.6) is 0 Å². The van der Waals surface area contributed by atoms with Gasteiger partial charge in [-0.1, -0.05) is 30.7 Å². The number of rotatable bonds is 4. The van der Waals surface area contributed by atoms with Crippen molar-refractivity contribution in [2.45, 2.75) is 25.2 Å². The minimum absolute atomic E-state index is 0.0785. The highest BCUT2D eigenvalue weighted by atomic mass is 32.2. The first-order chi connectivity index (χ1) is 9.86. The van der Waals surface area contributed by atoms with Crippen LogP contribution in [0, 0.1) is 12.8 Å². The molecule has 0 bridgehead atoms. The van der Waals surface area contributed by atoms with E-state index in [4.69, 9.17) is 0 Å². The lowest BCUT2D eigenvalue weighted by molar-refractivity contribution is -0.129. The Morgan fingerprint density at radius 3 is 2.52 bits per heavy atom. The monoisotopic (exact) mass is 305 g/mol. The smallest absolute Gasteiger partial charge is 0.227 e. The van der Waals surface area contributed by atoms with Crippen molar-refractivity contribution in [1.29, 1.82) is 0 Å². The quantitative estimate of drug-likeness (QED) is 0.804. The van der Waals surface area contributed by atoms with Gasteiger partial charge >= 0.3 is 0 Å². The molecule has 1 aromatic rings. The predicted octanol–water partition coefficient (Wildman–Crippen LogP) is 2.66. The van der Waals surface area contributed by atoms with Crippen LogP contribution in [0.1, 0.15) is 18.9 Å². The molecule has 1 amide bonds. The molecule has 4 nitrogen and oxygen atoms in total. The lowest BCUT2D eigenvalue weighted by atomic mass is 10.0. The highest BCUT2D eigenvalue weighted by Gasteiger charge is 2.32. The molecule has 0 spiro atoms. The van der Waals surface area contributed by atoms with Crippen molar-refractivity contribution in [2.24, 2.45) is 5.92 Å². The zero-order chi connectivity index (χ0) is 15.6. The van der Waals surface area contributed by atoms with E-state index in [2.05, 4.69) is 6.58 Å². The summed E-state index contributed by atoms with van der Waals surface area (Å²) in [6, 6.07) is 6.75. The van der Waals surface area contributed by atoms with Gasteiger partial charge in [0.1, 0.15) is 0 Å². The molecule has 1 heterocycles. The van der Waals surface area contributed by atoms with Crippen LogP contribution in [0.2, 0.25) is 0 Å². The Hall–Kier alpha value is -1.88.